The van der Waals surface area contributed by atoms with Crippen molar-refractivity contribution in [1.82, 2.24) is 0 Å². The summed E-state index contributed by atoms with van der Waals surface area (Å²) in [5, 5.41) is 13.9. The van der Waals surface area contributed by atoms with Gasteiger partial charge in [-0.1, -0.05) is 0 Å². The highest BCUT2D eigenvalue weighted by Gasteiger charge is 2.17. The van der Waals surface area contributed by atoms with Crippen LogP contribution >= 0.6 is 0 Å². The Bertz CT molecular complexity index is 430. The average Bonchev–Trinajstić information content (AvgIpc) is 2.26. The third kappa shape index (κ3) is 4.33. The van der Waals surface area contributed by atoms with Gasteiger partial charge in [0.25, 0.3) is 5.69 Å². The highest BCUT2D eigenvalue weighted by molar-refractivity contribution is 5.53. The molecule has 1 aromatic rings. The summed E-state index contributed by atoms with van der Waals surface area (Å²) >= 11 is 0. The van der Waals surface area contributed by atoms with Gasteiger partial charge in [-0.05, 0) is 39.3 Å². The number of anilines is 1. The predicted molar refractivity (Wildman–Crippen MR) is 72.0 cm³/mol. The van der Waals surface area contributed by atoms with Crippen molar-refractivity contribution in [3.8, 4) is 0 Å². The molecule has 0 bridgehead atoms. The second-order valence-electron chi connectivity index (χ2n) is 4.86. The summed E-state index contributed by atoms with van der Waals surface area (Å²) < 4.78 is 5.56. The van der Waals surface area contributed by atoms with Gasteiger partial charge in [-0.3, -0.25) is 10.1 Å². The van der Waals surface area contributed by atoms with Crippen LogP contribution in [0.3, 0.4) is 0 Å². The summed E-state index contributed by atoms with van der Waals surface area (Å²) in [6.07, 6.45) is 0. The van der Waals surface area contributed by atoms with Crippen molar-refractivity contribution in [3.63, 3.8) is 0 Å². The van der Waals surface area contributed by atoms with E-state index in [0.717, 1.165) is 11.3 Å². The number of ether oxygens (including phenoxy) is 1. The lowest BCUT2D eigenvalue weighted by Gasteiger charge is -2.25. The van der Waals surface area contributed by atoms with Gasteiger partial charge in [-0.2, -0.15) is 0 Å². The van der Waals surface area contributed by atoms with Crippen LogP contribution in [-0.2, 0) is 4.74 Å². The molecule has 5 heteroatoms. The summed E-state index contributed by atoms with van der Waals surface area (Å²) in [6, 6.07) is 4.98. The predicted octanol–water partition coefficient (Wildman–Crippen LogP) is 3.13. The Morgan fingerprint density at radius 1 is 1.39 bits per heavy atom. The maximum absolute atomic E-state index is 10.8. The zero-order valence-electron chi connectivity index (χ0n) is 11.3. The van der Waals surface area contributed by atoms with E-state index in [1.807, 2.05) is 33.8 Å². The van der Waals surface area contributed by atoms with E-state index >= 15 is 0 Å². The molecule has 100 valence electrons. The van der Waals surface area contributed by atoms with Crippen LogP contribution in [0.1, 0.15) is 26.3 Å². The van der Waals surface area contributed by atoms with Gasteiger partial charge >= 0.3 is 0 Å². The number of rotatable bonds is 6. The van der Waals surface area contributed by atoms with Gasteiger partial charge in [0.05, 0.1) is 10.5 Å². The molecule has 0 heterocycles. The molecule has 0 unspecified atom stereocenters. The van der Waals surface area contributed by atoms with Crippen LogP contribution in [0.15, 0.2) is 18.2 Å². The fourth-order valence-corrected chi connectivity index (χ4v) is 1.73. The van der Waals surface area contributed by atoms with Gasteiger partial charge in [-0.15, -0.1) is 0 Å². The lowest BCUT2D eigenvalue weighted by atomic mass is 10.1. The number of nitro groups is 1. The Balaban J connectivity index is 2.76. The zero-order valence-corrected chi connectivity index (χ0v) is 11.3. The molecule has 0 amide bonds. The highest BCUT2D eigenvalue weighted by atomic mass is 16.6. The second kappa shape index (κ2) is 5.82. The molecule has 0 saturated heterocycles. The summed E-state index contributed by atoms with van der Waals surface area (Å²) in [5.41, 5.74) is 1.41. The Hall–Kier alpha value is -1.62. The van der Waals surface area contributed by atoms with E-state index in [-0.39, 0.29) is 16.2 Å². The van der Waals surface area contributed by atoms with Crippen LogP contribution < -0.4 is 5.32 Å². The highest BCUT2D eigenvalue weighted by Crippen LogP contribution is 2.21. The number of nitrogens with one attached hydrogen (secondary N) is 1. The minimum Gasteiger partial charge on any atom is -0.382 e. The number of aryl methyl sites for hydroxylation is 1. The van der Waals surface area contributed by atoms with Crippen molar-refractivity contribution in [2.45, 2.75) is 33.3 Å². The number of nitrogens with zero attached hydrogens (tertiary/aromatic N) is 1. The maximum atomic E-state index is 10.8. The molecule has 0 atom stereocenters. The third-order valence-electron chi connectivity index (χ3n) is 2.53. The Morgan fingerprint density at radius 2 is 2.06 bits per heavy atom. The van der Waals surface area contributed by atoms with Crippen LogP contribution in [0, 0.1) is 17.0 Å². The molecule has 0 aromatic heterocycles. The SMILES string of the molecule is CCOC(C)(C)CNc1cc(C)cc([N+](=O)[O-])c1. The number of non-ortho nitro benzene ring substituents is 1. The molecule has 0 aliphatic carbocycles. The summed E-state index contributed by atoms with van der Waals surface area (Å²) in [5.74, 6) is 0. The van der Waals surface area contributed by atoms with Crippen LogP contribution in [0.2, 0.25) is 0 Å². The van der Waals surface area contributed by atoms with Crippen molar-refractivity contribution >= 4 is 11.4 Å². The van der Waals surface area contributed by atoms with E-state index in [0.29, 0.717) is 13.2 Å². The van der Waals surface area contributed by atoms with Gasteiger partial charge in [0.15, 0.2) is 0 Å². The Morgan fingerprint density at radius 3 is 2.61 bits per heavy atom. The van der Waals surface area contributed by atoms with E-state index in [1.54, 1.807) is 6.07 Å². The molecule has 5 nitrogen and oxygen atoms in total. The van der Waals surface area contributed by atoms with E-state index in [1.165, 1.54) is 6.07 Å². The lowest BCUT2D eigenvalue weighted by Crippen LogP contribution is -2.33. The summed E-state index contributed by atoms with van der Waals surface area (Å²) in [4.78, 5) is 10.4. The average molecular weight is 252 g/mol. The minimum atomic E-state index is -0.383. The molecule has 0 radical (unpaired) electrons. The Kier molecular flexibility index (Phi) is 4.67. The molecule has 1 N–H and O–H groups in total. The van der Waals surface area contributed by atoms with Crippen molar-refractivity contribution in [2.75, 3.05) is 18.5 Å². The van der Waals surface area contributed by atoms with E-state index in [2.05, 4.69) is 5.32 Å². The first kappa shape index (κ1) is 14.4. The van der Waals surface area contributed by atoms with E-state index < -0.39 is 0 Å². The van der Waals surface area contributed by atoms with Crippen molar-refractivity contribution in [3.05, 3.63) is 33.9 Å². The maximum Gasteiger partial charge on any atom is 0.271 e. The van der Waals surface area contributed by atoms with E-state index in [4.69, 9.17) is 4.74 Å². The quantitative estimate of drug-likeness (QED) is 0.624. The first-order valence-electron chi connectivity index (χ1n) is 5.98. The Labute approximate surface area is 107 Å². The topological polar surface area (TPSA) is 64.4 Å². The van der Waals surface area contributed by atoms with Crippen molar-refractivity contribution in [1.29, 1.82) is 0 Å². The van der Waals surface area contributed by atoms with Gasteiger partial charge in [0, 0.05) is 31.0 Å². The summed E-state index contributed by atoms with van der Waals surface area (Å²) in [6.45, 7) is 8.98. The fourth-order valence-electron chi connectivity index (χ4n) is 1.73. The molecule has 0 saturated carbocycles. The monoisotopic (exact) mass is 252 g/mol. The largest absolute Gasteiger partial charge is 0.382 e. The van der Waals surface area contributed by atoms with Crippen LogP contribution in [-0.4, -0.2) is 23.7 Å². The van der Waals surface area contributed by atoms with Crippen LogP contribution in [0.4, 0.5) is 11.4 Å². The number of benzene rings is 1. The van der Waals surface area contributed by atoms with E-state index in [9.17, 15) is 10.1 Å². The molecule has 0 aliphatic heterocycles. The second-order valence-corrected chi connectivity index (χ2v) is 4.86. The molecule has 0 aliphatic rings. The number of nitro benzene ring substituents is 1. The van der Waals surface area contributed by atoms with Gasteiger partial charge in [-0.25, -0.2) is 0 Å². The first-order valence-corrected chi connectivity index (χ1v) is 5.98. The van der Waals surface area contributed by atoms with Crippen molar-refractivity contribution < 1.29 is 9.66 Å². The molecule has 0 fully saturated rings. The molecular formula is C13H20N2O3. The molecule has 1 aromatic carbocycles. The number of hydrogen-bond donors (Lipinski definition) is 1. The van der Waals surface area contributed by atoms with Crippen LogP contribution in [0.5, 0.6) is 0 Å². The van der Waals surface area contributed by atoms with Gasteiger partial charge in [0.2, 0.25) is 0 Å². The molecular weight excluding hydrogens is 232 g/mol. The molecule has 0 spiro atoms. The first-order chi connectivity index (χ1) is 8.34. The summed E-state index contributed by atoms with van der Waals surface area (Å²) in [7, 11) is 0. The lowest BCUT2D eigenvalue weighted by molar-refractivity contribution is -0.384. The minimum absolute atomic E-state index is 0.103. The van der Waals surface area contributed by atoms with Crippen molar-refractivity contribution in [2.24, 2.45) is 0 Å². The third-order valence-corrected chi connectivity index (χ3v) is 2.53. The van der Waals surface area contributed by atoms with Gasteiger partial charge < -0.3 is 10.1 Å². The fraction of sp³-hybridized carbons (Fsp3) is 0.538. The number of hydrogen-bond acceptors (Lipinski definition) is 4. The molecule has 18 heavy (non-hydrogen) atoms. The van der Waals surface area contributed by atoms with Gasteiger partial charge in [0.1, 0.15) is 0 Å². The molecule has 1 rings (SSSR count). The zero-order chi connectivity index (χ0) is 13.8. The normalized spacial score (nSPS) is 11.3. The smallest absolute Gasteiger partial charge is 0.271 e. The van der Waals surface area contributed by atoms with Crippen LogP contribution in [0.25, 0.3) is 0 Å². The standard InChI is InChI=1S/C13H20N2O3/c1-5-18-13(3,4)9-14-11-6-10(2)7-12(8-11)15(16)17/h6-8,14H,5,9H2,1-4H3.